The van der Waals surface area contributed by atoms with Gasteiger partial charge in [0.05, 0.1) is 35.8 Å². The molecule has 2 aromatic carbocycles. The number of anilines is 2. The van der Waals surface area contributed by atoms with E-state index in [2.05, 4.69) is 16.9 Å². The van der Waals surface area contributed by atoms with Gasteiger partial charge in [0.15, 0.2) is 0 Å². The molecule has 0 radical (unpaired) electrons. The van der Waals surface area contributed by atoms with Crippen LogP contribution in [0.5, 0.6) is 0 Å². The molecule has 234 valence electrons. The van der Waals surface area contributed by atoms with Crippen molar-refractivity contribution in [2.45, 2.75) is 68.5 Å². The van der Waals surface area contributed by atoms with E-state index in [0.29, 0.717) is 17.5 Å². The molecule has 0 spiro atoms. The van der Waals surface area contributed by atoms with E-state index in [-0.39, 0.29) is 29.0 Å². The van der Waals surface area contributed by atoms with Crippen molar-refractivity contribution in [1.82, 2.24) is 19.7 Å². The minimum absolute atomic E-state index is 0.110. The number of nitrogen functional groups attached to an aromatic ring is 1. The quantitative estimate of drug-likeness (QED) is 0.252. The van der Waals surface area contributed by atoms with Crippen LogP contribution in [-0.2, 0) is 14.8 Å². The SMILES string of the molecule is CC(C)n1nc(-c2cc(F)c(NS(=O)(=O)c3ccccc3F)cc2F)c2c(N)ncc([C@H]3CC[C@H](N(C)C4COC4)CC3)c21. The Balaban J connectivity index is 1.36. The normalized spacial score (nSPS) is 19.5. The van der Waals surface area contributed by atoms with Gasteiger partial charge in [-0.2, -0.15) is 5.10 Å². The van der Waals surface area contributed by atoms with Crippen molar-refractivity contribution in [3.05, 3.63) is 65.6 Å². The molecule has 0 atom stereocenters. The number of rotatable bonds is 8. The first-order chi connectivity index (χ1) is 21.0. The van der Waals surface area contributed by atoms with Crippen molar-refractivity contribution in [3.8, 4) is 11.3 Å². The molecule has 2 aromatic heterocycles. The van der Waals surface area contributed by atoms with Gasteiger partial charge in [-0.25, -0.2) is 26.6 Å². The predicted molar refractivity (Wildman–Crippen MR) is 162 cm³/mol. The number of sulfonamides is 1. The van der Waals surface area contributed by atoms with Crippen LogP contribution in [0.1, 0.15) is 57.1 Å². The summed E-state index contributed by atoms with van der Waals surface area (Å²) in [7, 11) is -2.37. The zero-order valence-electron chi connectivity index (χ0n) is 24.7. The van der Waals surface area contributed by atoms with E-state index in [1.165, 1.54) is 12.1 Å². The summed E-state index contributed by atoms with van der Waals surface area (Å²) in [5.74, 6) is -2.69. The Bertz CT molecular complexity index is 1820. The summed E-state index contributed by atoms with van der Waals surface area (Å²) >= 11 is 0. The third kappa shape index (κ3) is 5.41. The van der Waals surface area contributed by atoms with E-state index in [1.807, 2.05) is 18.6 Å². The Kier molecular flexibility index (Phi) is 8.05. The third-order valence-corrected chi connectivity index (χ3v) is 10.3. The number of nitrogens with two attached hydrogens (primary N) is 1. The number of halogens is 3. The lowest BCUT2D eigenvalue weighted by Gasteiger charge is -2.42. The number of pyridine rings is 1. The maximum Gasteiger partial charge on any atom is 0.264 e. The van der Waals surface area contributed by atoms with E-state index in [1.54, 1.807) is 10.9 Å². The Labute approximate surface area is 254 Å². The van der Waals surface area contributed by atoms with Crippen LogP contribution < -0.4 is 10.5 Å². The standard InChI is InChI=1S/C31H35F3N6O3S/c1-17(2)40-30-22(18-8-10-19(11-9-18)39(3)20-15-43-16-20)14-36-31(35)28(30)29(37-40)21-12-25(34)26(13-24(21)33)38-44(41,42)27-7-5-4-6-23(27)32/h4-7,12-14,17-20,38H,8-11,15-16H2,1-3H3,(H2,35,36)/t18-,19-. The Hall–Kier alpha value is -3.68. The number of hydrogen-bond donors (Lipinski definition) is 2. The second kappa shape index (κ2) is 11.7. The summed E-state index contributed by atoms with van der Waals surface area (Å²) in [4.78, 5) is 6.20. The van der Waals surface area contributed by atoms with Gasteiger partial charge in [0, 0.05) is 29.9 Å². The molecule has 13 heteroatoms. The lowest BCUT2D eigenvalue weighted by Crippen LogP contribution is -2.52. The van der Waals surface area contributed by atoms with Gasteiger partial charge in [-0.1, -0.05) is 12.1 Å². The van der Waals surface area contributed by atoms with Crippen LogP contribution in [0.15, 0.2) is 47.5 Å². The van der Waals surface area contributed by atoms with Crippen molar-refractivity contribution in [3.63, 3.8) is 0 Å². The summed E-state index contributed by atoms with van der Waals surface area (Å²) in [5, 5.41) is 5.12. The fraction of sp³-hybridized carbons (Fsp3) is 0.419. The number of nitrogens with zero attached hydrogens (tertiary/aromatic N) is 4. The fourth-order valence-electron chi connectivity index (χ4n) is 6.30. The Morgan fingerprint density at radius 3 is 2.36 bits per heavy atom. The summed E-state index contributed by atoms with van der Waals surface area (Å²) in [6.07, 6.45) is 5.66. The van der Waals surface area contributed by atoms with Crippen molar-refractivity contribution in [1.29, 1.82) is 0 Å². The molecule has 9 nitrogen and oxygen atoms in total. The number of aromatic nitrogens is 3. The highest BCUT2D eigenvalue weighted by molar-refractivity contribution is 7.92. The lowest BCUT2D eigenvalue weighted by atomic mass is 9.80. The molecule has 3 N–H and O–H groups in total. The van der Waals surface area contributed by atoms with Crippen LogP contribution in [0.2, 0.25) is 0 Å². The molecule has 6 rings (SSSR count). The monoisotopic (exact) mass is 628 g/mol. The van der Waals surface area contributed by atoms with Gasteiger partial charge < -0.3 is 10.5 Å². The highest BCUT2D eigenvalue weighted by Gasteiger charge is 2.34. The fourth-order valence-corrected chi connectivity index (χ4v) is 7.44. The van der Waals surface area contributed by atoms with Crippen LogP contribution in [0.3, 0.4) is 0 Å². The molecule has 1 aliphatic carbocycles. The largest absolute Gasteiger partial charge is 0.383 e. The molecular weight excluding hydrogens is 593 g/mol. The van der Waals surface area contributed by atoms with E-state index in [4.69, 9.17) is 15.6 Å². The average molecular weight is 629 g/mol. The van der Waals surface area contributed by atoms with Gasteiger partial charge in [0.2, 0.25) is 0 Å². The molecule has 4 aromatic rings. The molecule has 44 heavy (non-hydrogen) atoms. The van der Waals surface area contributed by atoms with Crippen molar-refractivity contribution in [2.75, 3.05) is 30.7 Å². The number of nitrogens with one attached hydrogen (secondary N) is 1. The van der Waals surface area contributed by atoms with Crippen LogP contribution in [0.25, 0.3) is 22.2 Å². The first-order valence-corrected chi connectivity index (χ1v) is 16.2. The van der Waals surface area contributed by atoms with E-state index >= 15 is 8.78 Å². The molecular formula is C31H35F3N6O3S. The molecule has 0 amide bonds. The van der Waals surface area contributed by atoms with Crippen LogP contribution >= 0.6 is 0 Å². The number of benzene rings is 2. The van der Waals surface area contributed by atoms with Crippen molar-refractivity contribution < 1.29 is 26.3 Å². The summed E-state index contributed by atoms with van der Waals surface area (Å²) in [5.41, 5.74) is 7.32. The van der Waals surface area contributed by atoms with E-state index in [0.717, 1.165) is 74.2 Å². The maximum atomic E-state index is 15.7. The van der Waals surface area contributed by atoms with Gasteiger partial charge in [0.1, 0.15) is 33.9 Å². The summed E-state index contributed by atoms with van der Waals surface area (Å²) in [6.45, 7) is 5.43. The lowest BCUT2D eigenvalue weighted by molar-refractivity contribution is -0.0738. The molecule has 1 saturated heterocycles. The first kappa shape index (κ1) is 30.4. The van der Waals surface area contributed by atoms with Crippen molar-refractivity contribution in [2.24, 2.45) is 0 Å². The maximum absolute atomic E-state index is 15.7. The summed E-state index contributed by atoms with van der Waals surface area (Å²) in [6, 6.07) is 7.05. The second-order valence-electron chi connectivity index (χ2n) is 11.9. The second-order valence-corrected chi connectivity index (χ2v) is 13.6. The number of fused-ring (bicyclic) bond motifs is 1. The predicted octanol–water partition coefficient (Wildman–Crippen LogP) is 5.84. The summed E-state index contributed by atoms with van der Waals surface area (Å²) < 4.78 is 79.9. The smallest absolute Gasteiger partial charge is 0.264 e. The van der Waals surface area contributed by atoms with Crippen molar-refractivity contribution >= 4 is 32.4 Å². The highest BCUT2D eigenvalue weighted by Crippen LogP contribution is 2.43. The number of hydrogen-bond acceptors (Lipinski definition) is 7. The number of ether oxygens (including phenoxy) is 1. The zero-order valence-corrected chi connectivity index (χ0v) is 25.5. The number of likely N-dealkylation sites (N-methyl/N-ethyl adjacent to an activating group) is 1. The van der Waals surface area contributed by atoms with Crippen LogP contribution in [0, 0.1) is 17.5 Å². The average Bonchev–Trinajstić information content (AvgIpc) is 3.36. The molecule has 0 unspecified atom stereocenters. The Morgan fingerprint density at radius 2 is 1.73 bits per heavy atom. The highest BCUT2D eigenvalue weighted by atomic mass is 32.2. The molecule has 1 aliphatic heterocycles. The van der Waals surface area contributed by atoms with Crippen LogP contribution in [0.4, 0.5) is 24.7 Å². The molecule has 2 fully saturated rings. The van der Waals surface area contributed by atoms with Crippen LogP contribution in [-0.4, -0.2) is 60.4 Å². The van der Waals surface area contributed by atoms with Gasteiger partial charge in [-0.05, 0) is 76.3 Å². The molecule has 1 saturated carbocycles. The Morgan fingerprint density at radius 1 is 1.02 bits per heavy atom. The molecule has 3 heterocycles. The topological polar surface area (TPSA) is 115 Å². The first-order valence-electron chi connectivity index (χ1n) is 14.7. The molecule has 0 bridgehead atoms. The van der Waals surface area contributed by atoms with Gasteiger partial charge in [-0.15, -0.1) is 0 Å². The van der Waals surface area contributed by atoms with Gasteiger partial charge in [-0.3, -0.25) is 14.3 Å². The van der Waals surface area contributed by atoms with Gasteiger partial charge >= 0.3 is 0 Å². The minimum atomic E-state index is -4.53. The third-order valence-electron chi connectivity index (χ3n) is 8.86. The molecule has 2 aliphatic rings. The van der Waals surface area contributed by atoms with E-state index < -0.39 is 38.1 Å². The van der Waals surface area contributed by atoms with E-state index in [9.17, 15) is 12.8 Å². The zero-order chi connectivity index (χ0) is 31.3. The van der Waals surface area contributed by atoms with Gasteiger partial charge in [0.25, 0.3) is 10.0 Å². The minimum Gasteiger partial charge on any atom is -0.383 e.